The average molecular weight is 292 g/mol. The van der Waals surface area contributed by atoms with E-state index >= 15 is 0 Å². The minimum absolute atomic E-state index is 0.651. The van der Waals surface area contributed by atoms with Crippen molar-refractivity contribution in [3.63, 3.8) is 0 Å². The third kappa shape index (κ3) is 2.58. The maximum Gasteiger partial charge on any atom is 0.147 e. The number of aryl methyl sites for hydroxylation is 1. The Morgan fingerprint density at radius 1 is 1.24 bits per heavy atom. The number of hydrogen-bond acceptors (Lipinski definition) is 3. The van der Waals surface area contributed by atoms with Crippen LogP contribution in [-0.2, 0) is 0 Å². The van der Waals surface area contributed by atoms with Gasteiger partial charge in [0.15, 0.2) is 0 Å². The summed E-state index contributed by atoms with van der Waals surface area (Å²) in [7, 11) is 1.98. The zero-order chi connectivity index (χ0) is 12.4. The highest BCUT2D eigenvalue weighted by molar-refractivity contribution is 9.10. The number of anilines is 3. The van der Waals surface area contributed by atoms with E-state index in [0.29, 0.717) is 5.69 Å². The van der Waals surface area contributed by atoms with Gasteiger partial charge < -0.3 is 10.6 Å². The van der Waals surface area contributed by atoms with Crippen molar-refractivity contribution in [1.82, 2.24) is 4.98 Å². The molecule has 88 valence electrons. The highest BCUT2D eigenvalue weighted by atomic mass is 79.9. The normalized spacial score (nSPS) is 10.3. The van der Waals surface area contributed by atoms with Crippen LogP contribution in [0.5, 0.6) is 0 Å². The summed E-state index contributed by atoms with van der Waals surface area (Å²) in [6.07, 6.45) is 1.66. The molecule has 0 saturated heterocycles. The largest absolute Gasteiger partial charge is 0.397 e. The molecule has 1 aromatic carbocycles. The van der Waals surface area contributed by atoms with Crippen LogP contribution < -0.4 is 10.6 Å². The number of nitrogen functional groups attached to an aromatic ring is 1. The Bertz CT molecular complexity index is 523. The second kappa shape index (κ2) is 4.75. The van der Waals surface area contributed by atoms with E-state index in [1.807, 2.05) is 18.0 Å². The molecule has 0 spiro atoms. The minimum atomic E-state index is 0.651. The first-order valence-electron chi connectivity index (χ1n) is 5.29. The van der Waals surface area contributed by atoms with Gasteiger partial charge in [-0.25, -0.2) is 4.98 Å². The fraction of sp³-hybridized carbons (Fsp3) is 0.154. The number of pyridine rings is 1. The molecule has 2 aromatic rings. The van der Waals surface area contributed by atoms with Gasteiger partial charge in [-0.3, -0.25) is 0 Å². The molecule has 2 N–H and O–H groups in total. The van der Waals surface area contributed by atoms with Crippen molar-refractivity contribution in [2.75, 3.05) is 17.7 Å². The van der Waals surface area contributed by atoms with Gasteiger partial charge in [0.1, 0.15) is 5.82 Å². The van der Waals surface area contributed by atoms with Gasteiger partial charge in [-0.1, -0.05) is 17.7 Å². The van der Waals surface area contributed by atoms with E-state index in [-0.39, 0.29) is 0 Å². The molecule has 0 saturated carbocycles. The predicted molar refractivity (Wildman–Crippen MR) is 75.6 cm³/mol. The van der Waals surface area contributed by atoms with E-state index in [1.165, 1.54) is 5.56 Å². The summed E-state index contributed by atoms with van der Waals surface area (Å²) in [5.74, 6) is 0.850. The molecule has 1 heterocycles. The monoisotopic (exact) mass is 291 g/mol. The van der Waals surface area contributed by atoms with E-state index in [2.05, 4.69) is 52.1 Å². The van der Waals surface area contributed by atoms with Gasteiger partial charge in [-0.05, 0) is 41.1 Å². The SMILES string of the molecule is Cc1ccc(N(C)c2ncc(N)cc2Br)cc1. The number of hydrogen-bond donors (Lipinski definition) is 1. The molecule has 0 radical (unpaired) electrons. The predicted octanol–water partition coefficient (Wildman–Crippen LogP) is 3.50. The van der Waals surface area contributed by atoms with Crippen molar-refractivity contribution in [3.05, 3.63) is 46.6 Å². The quantitative estimate of drug-likeness (QED) is 0.921. The first-order valence-corrected chi connectivity index (χ1v) is 6.08. The van der Waals surface area contributed by atoms with Crippen LogP contribution >= 0.6 is 15.9 Å². The second-order valence-electron chi connectivity index (χ2n) is 3.97. The molecular weight excluding hydrogens is 278 g/mol. The van der Waals surface area contributed by atoms with E-state index < -0.39 is 0 Å². The molecule has 17 heavy (non-hydrogen) atoms. The summed E-state index contributed by atoms with van der Waals surface area (Å²) in [6, 6.07) is 10.2. The summed E-state index contributed by atoms with van der Waals surface area (Å²) in [5, 5.41) is 0. The third-order valence-electron chi connectivity index (χ3n) is 2.58. The summed E-state index contributed by atoms with van der Waals surface area (Å²) in [5.41, 5.74) is 8.66. The fourth-order valence-corrected chi connectivity index (χ4v) is 2.22. The number of nitrogens with zero attached hydrogens (tertiary/aromatic N) is 2. The molecule has 4 heteroatoms. The van der Waals surface area contributed by atoms with Gasteiger partial charge in [0.25, 0.3) is 0 Å². The molecule has 0 aliphatic rings. The van der Waals surface area contributed by atoms with Gasteiger partial charge in [0.2, 0.25) is 0 Å². The fourth-order valence-electron chi connectivity index (χ4n) is 1.58. The maximum atomic E-state index is 5.68. The van der Waals surface area contributed by atoms with Gasteiger partial charge in [-0.15, -0.1) is 0 Å². The Morgan fingerprint density at radius 3 is 2.47 bits per heavy atom. The van der Waals surface area contributed by atoms with Gasteiger partial charge in [-0.2, -0.15) is 0 Å². The van der Waals surface area contributed by atoms with Crippen LogP contribution in [0.25, 0.3) is 0 Å². The highest BCUT2D eigenvalue weighted by Gasteiger charge is 2.09. The zero-order valence-corrected chi connectivity index (χ0v) is 11.4. The lowest BCUT2D eigenvalue weighted by molar-refractivity contribution is 1.12. The summed E-state index contributed by atoms with van der Waals surface area (Å²) >= 11 is 3.48. The van der Waals surface area contributed by atoms with Crippen molar-refractivity contribution < 1.29 is 0 Å². The lowest BCUT2D eigenvalue weighted by Crippen LogP contribution is -2.12. The Hall–Kier alpha value is -1.55. The average Bonchev–Trinajstić information content (AvgIpc) is 2.29. The topological polar surface area (TPSA) is 42.2 Å². The molecule has 0 unspecified atom stereocenters. The van der Waals surface area contributed by atoms with Crippen LogP contribution in [-0.4, -0.2) is 12.0 Å². The van der Waals surface area contributed by atoms with Crippen molar-refractivity contribution in [3.8, 4) is 0 Å². The lowest BCUT2D eigenvalue weighted by atomic mass is 10.2. The molecule has 0 aliphatic heterocycles. The summed E-state index contributed by atoms with van der Waals surface area (Å²) in [4.78, 5) is 6.35. The van der Waals surface area contributed by atoms with Crippen molar-refractivity contribution in [2.45, 2.75) is 6.92 Å². The van der Waals surface area contributed by atoms with E-state index in [1.54, 1.807) is 6.20 Å². The summed E-state index contributed by atoms with van der Waals surface area (Å²) in [6.45, 7) is 2.07. The number of rotatable bonds is 2. The Labute approximate surface area is 109 Å². The molecule has 3 nitrogen and oxygen atoms in total. The van der Waals surface area contributed by atoms with E-state index in [0.717, 1.165) is 16.0 Å². The van der Waals surface area contributed by atoms with Crippen molar-refractivity contribution >= 4 is 33.1 Å². The third-order valence-corrected chi connectivity index (χ3v) is 3.17. The first-order chi connectivity index (χ1) is 8.08. The number of nitrogens with two attached hydrogens (primary N) is 1. The van der Waals surface area contributed by atoms with Crippen LogP contribution in [0, 0.1) is 6.92 Å². The molecule has 0 atom stereocenters. The van der Waals surface area contributed by atoms with Gasteiger partial charge in [0, 0.05) is 12.7 Å². The summed E-state index contributed by atoms with van der Waals surface area (Å²) < 4.78 is 0.889. The highest BCUT2D eigenvalue weighted by Crippen LogP contribution is 2.29. The first kappa shape index (κ1) is 11.9. The van der Waals surface area contributed by atoms with Gasteiger partial charge >= 0.3 is 0 Å². The van der Waals surface area contributed by atoms with E-state index in [4.69, 9.17) is 5.73 Å². The van der Waals surface area contributed by atoms with Crippen LogP contribution in [0.1, 0.15) is 5.56 Å². The molecule has 0 aliphatic carbocycles. The lowest BCUT2D eigenvalue weighted by Gasteiger charge is -2.19. The van der Waals surface area contributed by atoms with Crippen molar-refractivity contribution in [2.24, 2.45) is 0 Å². The molecule has 0 amide bonds. The number of halogens is 1. The maximum absolute atomic E-state index is 5.68. The van der Waals surface area contributed by atoms with Crippen LogP contribution in [0.2, 0.25) is 0 Å². The molecule has 1 aromatic heterocycles. The molecule has 0 fully saturated rings. The second-order valence-corrected chi connectivity index (χ2v) is 4.82. The minimum Gasteiger partial charge on any atom is -0.397 e. The van der Waals surface area contributed by atoms with Crippen LogP contribution in [0.15, 0.2) is 41.0 Å². The van der Waals surface area contributed by atoms with Gasteiger partial charge in [0.05, 0.1) is 16.4 Å². The smallest absolute Gasteiger partial charge is 0.147 e. The molecule has 0 bridgehead atoms. The Kier molecular flexibility index (Phi) is 3.33. The Morgan fingerprint density at radius 2 is 1.88 bits per heavy atom. The van der Waals surface area contributed by atoms with Crippen LogP contribution in [0.3, 0.4) is 0 Å². The Balaban J connectivity index is 2.36. The van der Waals surface area contributed by atoms with Crippen LogP contribution in [0.4, 0.5) is 17.2 Å². The molecular formula is C13H14BrN3. The number of benzene rings is 1. The zero-order valence-electron chi connectivity index (χ0n) is 9.81. The van der Waals surface area contributed by atoms with E-state index in [9.17, 15) is 0 Å². The van der Waals surface area contributed by atoms with Crippen molar-refractivity contribution in [1.29, 1.82) is 0 Å². The number of aromatic nitrogens is 1. The standard InChI is InChI=1S/C13H14BrN3/c1-9-3-5-11(6-4-9)17(2)13-12(14)7-10(15)8-16-13/h3-8H,15H2,1-2H3. The molecule has 2 rings (SSSR count).